The summed E-state index contributed by atoms with van der Waals surface area (Å²) in [5, 5.41) is 19.8. The summed E-state index contributed by atoms with van der Waals surface area (Å²) in [6, 6.07) is 0. The number of thiophene rings is 1. The Kier molecular flexibility index (Phi) is 5.20. The average molecular weight is 360 g/mol. The maximum atomic E-state index is 10.2. The standard InChI is InChI=1S/C8H8Br2O4S/c9-4-3-15-8(7(4)10)5(11)1-14-2-6(12)13/h3,5,11H,1-2H2,(H,12,13). The molecule has 1 heterocycles. The van der Waals surface area contributed by atoms with E-state index in [2.05, 4.69) is 31.9 Å². The van der Waals surface area contributed by atoms with Crippen LogP contribution in [-0.4, -0.2) is 29.4 Å². The van der Waals surface area contributed by atoms with Gasteiger partial charge in [-0.2, -0.15) is 0 Å². The number of hydrogen-bond donors (Lipinski definition) is 2. The van der Waals surface area contributed by atoms with Crippen molar-refractivity contribution in [2.45, 2.75) is 6.10 Å². The van der Waals surface area contributed by atoms with Crippen LogP contribution in [0.3, 0.4) is 0 Å². The van der Waals surface area contributed by atoms with Crippen molar-refractivity contribution in [2.24, 2.45) is 0 Å². The second-order valence-corrected chi connectivity index (χ2v) is 5.25. The molecule has 0 aromatic carbocycles. The summed E-state index contributed by atoms with van der Waals surface area (Å²) >= 11 is 7.97. The van der Waals surface area contributed by atoms with E-state index in [0.29, 0.717) is 4.88 Å². The van der Waals surface area contributed by atoms with Gasteiger partial charge in [0.15, 0.2) is 0 Å². The molecule has 1 unspecified atom stereocenters. The number of rotatable bonds is 5. The van der Waals surface area contributed by atoms with Crippen molar-refractivity contribution in [3.8, 4) is 0 Å². The van der Waals surface area contributed by atoms with Gasteiger partial charge in [0.2, 0.25) is 0 Å². The summed E-state index contributed by atoms with van der Waals surface area (Å²) < 4.78 is 6.43. The van der Waals surface area contributed by atoms with E-state index in [0.717, 1.165) is 8.95 Å². The largest absolute Gasteiger partial charge is 0.480 e. The van der Waals surface area contributed by atoms with E-state index in [9.17, 15) is 9.90 Å². The van der Waals surface area contributed by atoms with Crippen molar-refractivity contribution in [1.29, 1.82) is 0 Å². The van der Waals surface area contributed by atoms with Crippen LogP contribution in [0, 0.1) is 0 Å². The topological polar surface area (TPSA) is 66.8 Å². The lowest BCUT2D eigenvalue weighted by atomic mass is 10.3. The highest BCUT2D eigenvalue weighted by Gasteiger charge is 2.16. The van der Waals surface area contributed by atoms with Gasteiger partial charge in [-0.3, -0.25) is 0 Å². The van der Waals surface area contributed by atoms with Crippen molar-refractivity contribution >= 4 is 49.2 Å². The fraction of sp³-hybridized carbons (Fsp3) is 0.375. The van der Waals surface area contributed by atoms with Crippen molar-refractivity contribution in [1.82, 2.24) is 0 Å². The van der Waals surface area contributed by atoms with Gasteiger partial charge in [-0.1, -0.05) is 0 Å². The molecule has 0 spiro atoms. The summed E-state index contributed by atoms with van der Waals surface area (Å²) in [6.07, 6.45) is -0.810. The molecule has 0 aliphatic carbocycles. The summed E-state index contributed by atoms with van der Waals surface area (Å²) in [4.78, 5) is 10.9. The molecule has 0 aliphatic heterocycles. The van der Waals surface area contributed by atoms with Crippen LogP contribution in [0.15, 0.2) is 14.3 Å². The SMILES string of the molecule is O=C(O)COCC(O)c1scc(Br)c1Br. The van der Waals surface area contributed by atoms with Crippen LogP contribution in [0.25, 0.3) is 0 Å². The molecule has 0 radical (unpaired) electrons. The molecule has 15 heavy (non-hydrogen) atoms. The zero-order valence-electron chi connectivity index (χ0n) is 7.44. The molecule has 7 heteroatoms. The molecule has 4 nitrogen and oxygen atoms in total. The maximum absolute atomic E-state index is 10.2. The Morgan fingerprint density at radius 3 is 2.73 bits per heavy atom. The zero-order valence-corrected chi connectivity index (χ0v) is 11.4. The van der Waals surface area contributed by atoms with E-state index in [4.69, 9.17) is 9.84 Å². The molecule has 1 rings (SSSR count). The lowest BCUT2D eigenvalue weighted by Crippen LogP contribution is -2.12. The third-order valence-corrected chi connectivity index (χ3v) is 5.18. The van der Waals surface area contributed by atoms with Gasteiger partial charge >= 0.3 is 5.97 Å². The molecule has 1 aromatic heterocycles. The second kappa shape index (κ2) is 5.95. The molecule has 0 saturated heterocycles. The first kappa shape index (κ1) is 13.1. The Hall–Kier alpha value is 0.0500. The number of carboxylic acid groups (broad SMARTS) is 1. The molecule has 0 saturated carbocycles. The van der Waals surface area contributed by atoms with Gasteiger partial charge in [0.05, 0.1) is 11.5 Å². The van der Waals surface area contributed by atoms with Crippen LogP contribution in [0.1, 0.15) is 11.0 Å². The average Bonchev–Trinajstić information content (AvgIpc) is 2.47. The smallest absolute Gasteiger partial charge is 0.329 e. The Labute approximate surface area is 107 Å². The molecule has 0 amide bonds. The van der Waals surface area contributed by atoms with Gasteiger partial charge in [-0.15, -0.1) is 11.3 Å². The first-order valence-electron chi connectivity index (χ1n) is 3.92. The van der Waals surface area contributed by atoms with Crippen LogP contribution < -0.4 is 0 Å². The minimum absolute atomic E-state index is 0.0299. The summed E-state index contributed by atoms with van der Waals surface area (Å²) in [6.45, 7) is -0.431. The third kappa shape index (κ3) is 3.84. The summed E-state index contributed by atoms with van der Waals surface area (Å²) in [5.74, 6) is -1.05. The predicted octanol–water partition coefficient (Wildman–Crippen LogP) is 2.41. The van der Waals surface area contributed by atoms with Crippen molar-refractivity contribution in [3.63, 3.8) is 0 Å². The van der Waals surface area contributed by atoms with Gasteiger partial charge in [0, 0.05) is 14.3 Å². The number of halogens is 2. The van der Waals surface area contributed by atoms with Crippen molar-refractivity contribution in [2.75, 3.05) is 13.2 Å². The van der Waals surface area contributed by atoms with Gasteiger partial charge in [0.1, 0.15) is 12.7 Å². The maximum Gasteiger partial charge on any atom is 0.329 e. The highest BCUT2D eigenvalue weighted by molar-refractivity contribution is 9.13. The fourth-order valence-corrected chi connectivity index (χ4v) is 3.12. The number of carboxylic acids is 1. The highest BCUT2D eigenvalue weighted by Crippen LogP contribution is 2.36. The quantitative estimate of drug-likeness (QED) is 0.847. The van der Waals surface area contributed by atoms with E-state index in [1.165, 1.54) is 11.3 Å². The van der Waals surface area contributed by atoms with Crippen LogP contribution in [0.5, 0.6) is 0 Å². The molecule has 1 atom stereocenters. The molecule has 0 aliphatic rings. The number of hydrogen-bond acceptors (Lipinski definition) is 4. The first-order chi connectivity index (χ1) is 7.02. The minimum Gasteiger partial charge on any atom is -0.480 e. The normalized spacial score (nSPS) is 12.7. The van der Waals surface area contributed by atoms with Gasteiger partial charge < -0.3 is 14.9 Å². The number of ether oxygens (including phenoxy) is 1. The van der Waals surface area contributed by atoms with E-state index in [-0.39, 0.29) is 6.61 Å². The summed E-state index contributed by atoms with van der Waals surface area (Å²) in [7, 11) is 0. The molecular weight excluding hydrogens is 352 g/mol. The van der Waals surface area contributed by atoms with Crippen LogP contribution in [0.4, 0.5) is 0 Å². The van der Waals surface area contributed by atoms with Crippen LogP contribution >= 0.6 is 43.2 Å². The number of aliphatic hydroxyl groups is 1. The number of aliphatic hydroxyl groups excluding tert-OH is 1. The zero-order chi connectivity index (χ0) is 11.4. The van der Waals surface area contributed by atoms with E-state index >= 15 is 0 Å². The molecular formula is C8H8Br2O4S. The second-order valence-electron chi connectivity index (χ2n) is 2.69. The van der Waals surface area contributed by atoms with Crippen LogP contribution in [0.2, 0.25) is 0 Å². The molecule has 1 aromatic rings. The Morgan fingerprint density at radius 2 is 2.27 bits per heavy atom. The molecule has 0 fully saturated rings. The molecule has 84 valence electrons. The van der Waals surface area contributed by atoms with Crippen molar-refractivity contribution < 1.29 is 19.7 Å². The Morgan fingerprint density at radius 1 is 1.60 bits per heavy atom. The van der Waals surface area contributed by atoms with Crippen LogP contribution in [-0.2, 0) is 9.53 Å². The number of carbonyl (C=O) groups is 1. The minimum atomic E-state index is -1.05. The van der Waals surface area contributed by atoms with Gasteiger partial charge in [-0.25, -0.2) is 4.79 Å². The first-order valence-corrected chi connectivity index (χ1v) is 6.39. The Bertz CT molecular complexity index is 352. The predicted molar refractivity (Wildman–Crippen MR) is 63.1 cm³/mol. The molecule has 2 N–H and O–H groups in total. The Balaban J connectivity index is 2.50. The van der Waals surface area contributed by atoms with Gasteiger partial charge in [0.25, 0.3) is 0 Å². The molecule has 0 bridgehead atoms. The highest BCUT2D eigenvalue weighted by atomic mass is 79.9. The van der Waals surface area contributed by atoms with E-state index < -0.39 is 18.7 Å². The van der Waals surface area contributed by atoms with Gasteiger partial charge in [-0.05, 0) is 31.9 Å². The summed E-state index contributed by atoms with van der Waals surface area (Å²) in [5.41, 5.74) is 0. The van der Waals surface area contributed by atoms with E-state index in [1.807, 2.05) is 5.38 Å². The van der Waals surface area contributed by atoms with Crippen molar-refractivity contribution in [3.05, 3.63) is 19.2 Å². The lowest BCUT2D eigenvalue weighted by Gasteiger charge is -2.08. The number of aliphatic carboxylic acids is 1. The lowest BCUT2D eigenvalue weighted by molar-refractivity contribution is -0.143. The monoisotopic (exact) mass is 358 g/mol. The third-order valence-electron chi connectivity index (χ3n) is 1.52. The van der Waals surface area contributed by atoms with E-state index in [1.54, 1.807) is 0 Å². The fourth-order valence-electron chi connectivity index (χ4n) is 0.895.